The average molecular weight is 242 g/mol. The highest BCUT2D eigenvalue weighted by Gasteiger charge is 2.03. The van der Waals surface area contributed by atoms with Gasteiger partial charge in [-0.15, -0.1) is 0 Å². The molecule has 18 heavy (non-hydrogen) atoms. The van der Waals surface area contributed by atoms with Crippen LogP contribution < -0.4 is 5.84 Å². The fraction of sp³-hybridized carbons (Fsp3) is 0.286. The summed E-state index contributed by atoms with van der Waals surface area (Å²) in [4.78, 5) is 8.35. The Morgan fingerprint density at radius 1 is 0.944 bits per heavy atom. The molecule has 0 fully saturated rings. The number of rotatable bonds is 4. The monoisotopic (exact) mass is 242 g/mol. The third kappa shape index (κ3) is 3.61. The summed E-state index contributed by atoms with van der Waals surface area (Å²) < 4.78 is 0. The number of pyridine rings is 2. The molecule has 0 amide bonds. The summed E-state index contributed by atoms with van der Waals surface area (Å²) in [6.45, 7) is 5.39. The van der Waals surface area contributed by atoms with Crippen molar-refractivity contribution >= 4 is 0 Å². The first-order chi connectivity index (χ1) is 8.63. The molecule has 2 N–H and O–H groups in total. The van der Waals surface area contributed by atoms with E-state index in [1.54, 1.807) is 5.01 Å². The molecule has 4 heteroatoms. The Bertz CT molecular complexity index is 477. The zero-order valence-corrected chi connectivity index (χ0v) is 10.8. The third-order valence-corrected chi connectivity index (χ3v) is 2.69. The van der Waals surface area contributed by atoms with Crippen molar-refractivity contribution in [3.63, 3.8) is 0 Å². The predicted octanol–water partition coefficient (Wildman–Crippen LogP) is 1.97. The van der Waals surface area contributed by atoms with E-state index in [1.807, 2.05) is 38.4 Å². The maximum absolute atomic E-state index is 6.03. The minimum atomic E-state index is 0.713. The van der Waals surface area contributed by atoms with Crippen molar-refractivity contribution in [3.05, 3.63) is 59.2 Å². The van der Waals surface area contributed by atoms with Crippen molar-refractivity contribution in [1.82, 2.24) is 15.0 Å². The number of aryl methyl sites for hydroxylation is 2. The molecule has 0 saturated carbocycles. The first-order valence-corrected chi connectivity index (χ1v) is 5.96. The SMILES string of the molecule is Cc1cc(CN(N)Cc2ccnc(C)c2)ccn1. The van der Waals surface area contributed by atoms with Gasteiger partial charge in [-0.05, 0) is 49.2 Å². The summed E-state index contributed by atoms with van der Waals surface area (Å²) in [7, 11) is 0. The molecule has 94 valence electrons. The van der Waals surface area contributed by atoms with Crippen LogP contribution in [0.5, 0.6) is 0 Å². The molecular weight excluding hydrogens is 224 g/mol. The molecule has 0 aromatic carbocycles. The lowest BCUT2D eigenvalue weighted by molar-refractivity contribution is 0.265. The van der Waals surface area contributed by atoms with Gasteiger partial charge in [0, 0.05) is 36.9 Å². The zero-order chi connectivity index (χ0) is 13.0. The number of hydrogen-bond acceptors (Lipinski definition) is 4. The van der Waals surface area contributed by atoms with Gasteiger partial charge in [-0.1, -0.05) is 0 Å². The van der Waals surface area contributed by atoms with E-state index in [1.165, 1.54) is 11.1 Å². The molecule has 4 nitrogen and oxygen atoms in total. The van der Waals surface area contributed by atoms with Crippen LogP contribution in [0.15, 0.2) is 36.7 Å². The van der Waals surface area contributed by atoms with Crippen molar-refractivity contribution in [1.29, 1.82) is 0 Å². The largest absolute Gasteiger partial charge is 0.268 e. The molecular formula is C14H18N4. The zero-order valence-electron chi connectivity index (χ0n) is 10.8. The Balaban J connectivity index is 1.98. The van der Waals surface area contributed by atoms with Gasteiger partial charge in [-0.3, -0.25) is 15.8 Å². The Morgan fingerprint density at radius 2 is 1.39 bits per heavy atom. The number of nitrogens with zero attached hydrogens (tertiary/aromatic N) is 3. The summed E-state index contributed by atoms with van der Waals surface area (Å²) in [6, 6.07) is 8.09. The van der Waals surface area contributed by atoms with Crippen LogP contribution in [0.1, 0.15) is 22.5 Å². The molecule has 0 spiro atoms. The van der Waals surface area contributed by atoms with Crippen LogP contribution in [-0.4, -0.2) is 15.0 Å². The van der Waals surface area contributed by atoms with Gasteiger partial charge in [-0.2, -0.15) is 0 Å². The van der Waals surface area contributed by atoms with Crippen LogP contribution in [0.4, 0.5) is 0 Å². The van der Waals surface area contributed by atoms with Crippen molar-refractivity contribution < 1.29 is 0 Å². The van der Waals surface area contributed by atoms with E-state index in [-0.39, 0.29) is 0 Å². The topological polar surface area (TPSA) is 55.0 Å². The van der Waals surface area contributed by atoms with Gasteiger partial charge < -0.3 is 0 Å². The lowest BCUT2D eigenvalue weighted by Gasteiger charge is -2.16. The van der Waals surface area contributed by atoms with Crippen LogP contribution in [0.25, 0.3) is 0 Å². The molecule has 2 rings (SSSR count). The molecule has 0 atom stereocenters. The summed E-state index contributed by atoms with van der Waals surface area (Å²) in [5.41, 5.74) is 4.38. The van der Waals surface area contributed by atoms with Crippen LogP contribution in [0.2, 0.25) is 0 Å². The van der Waals surface area contributed by atoms with Gasteiger partial charge in [0.15, 0.2) is 0 Å². The van der Waals surface area contributed by atoms with Gasteiger partial charge in [-0.25, -0.2) is 5.01 Å². The van der Waals surface area contributed by atoms with E-state index in [2.05, 4.69) is 22.1 Å². The lowest BCUT2D eigenvalue weighted by atomic mass is 10.2. The van der Waals surface area contributed by atoms with Gasteiger partial charge in [0.2, 0.25) is 0 Å². The van der Waals surface area contributed by atoms with E-state index in [9.17, 15) is 0 Å². The maximum Gasteiger partial charge on any atom is 0.0384 e. The van der Waals surface area contributed by atoms with Gasteiger partial charge >= 0.3 is 0 Å². The summed E-state index contributed by atoms with van der Waals surface area (Å²) in [5, 5.41) is 1.80. The highest BCUT2D eigenvalue weighted by Crippen LogP contribution is 2.07. The number of hydrogen-bond donors (Lipinski definition) is 1. The Labute approximate surface area is 107 Å². The minimum absolute atomic E-state index is 0.713. The summed E-state index contributed by atoms with van der Waals surface area (Å²) >= 11 is 0. The molecule has 0 radical (unpaired) electrons. The molecule has 0 unspecified atom stereocenters. The normalized spacial score (nSPS) is 10.9. The number of aromatic nitrogens is 2. The number of hydrazine groups is 1. The number of nitrogens with two attached hydrogens (primary N) is 1. The highest BCUT2D eigenvalue weighted by molar-refractivity contribution is 5.17. The van der Waals surface area contributed by atoms with Crippen molar-refractivity contribution in [2.24, 2.45) is 5.84 Å². The van der Waals surface area contributed by atoms with E-state index < -0.39 is 0 Å². The van der Waals surface area contributed by atoms with Crippen LogP contribution in [0.3, 0.4) is 0 Å². The van der Waals surface area contributed by atoms with Crippen LogP contribution in [0, 0.1) is 13.8 Å². The van der Waals surface area contributed by atoms with Gasteiger partial charge in [0.05, 0.1) is 0 Å². The van der Waals surface area contributed by atoms with Crippen LogP contribution >= 0.6 is 0 Å². The quantitative estimate of drug-likeness (QED) is 0.658. The fourth-order valence-corrected chi connectivity index (χ4v) is 1.93. The smallest absolute Gasteiger partial charge is 0.0384 e. The second-order valence-electron chi connectivity index (χ2n) is 4.52. The minimum Gasteiger partial charge on any atom is -0.268 e. The van der Waals surface area contributed by atoms with Crippen molar-refractivity contribution in [3.8, 4) is 0 Å². The van der Waals surface area contributed by atoms with Crippen molar-refractivity contribution in [2.75, 3.05) is 0 Å². The summed E-state index contributed by atoms with van der Waals surface area (Å²) in [5.74, 6) is 6.03. The fourth-order valence-electron chi connectivity index (χ4n) is 1.93. The average Bonchev–Trinajstić information content (AvgIpc) is 2.28. The second-order valence-corrected chi connectivity index (χ2v) is 4.52. The second kappa shape index (κ2) is 5.71. The molecule has 2 aromatic rings. The van der Waals surface area contributed by atoms with Gasteiger partial charge in [0.1, 0.15) is 0 Å². The lowest BCUT2D eigenvalue weighted by Crippen LogP contribution is -2.29. The maximum atomic E-state index is 6.03. The highest BCUT2D eigenvalue weighted by atomic mass is 15.4. The third-order valence-electron chi connectivity index (χ3n) is 2.69. The molecule has 0 saturated heterocycles. The van der Waals surface area contributed by atoms with Crippen LogP contribution in [-0.2, 0) is 13.1 Å². The van der Waals surface area contributed by atoms with E-state index >= 15 is 0 Å². The Morgan fingerprint density at radius 3 is 1.78 bits per heavy atom. The molecule has 0 bridgehead atoms. The standard InChI is InChI=1S/C14H18N4/c1-11-7-13(3-5-16-11)9-18(15)10-14-4-6-17-12(2)8-14/h3-8H,9-10,15H2,1-2H3. The van der Waals surface area contributed by atoms with E-state index in [4.69, 9.17) is 5.84 Å². The van der Waals surface area contributed by atoms with E-state index in [0.717, 1.165) is 11.4 Å². The molecule has 2 heterocycles. The molecule has 2 aromatic heterocycles. The predicted molar refractivity (Wildman–Crippen MR) is 71.4 cm³/mol. The molecule has 0 aliphatic rings. The first kappa shape index (κ1) is 12.7. The van der Waals surface area contributed by atoms with Gasteiger partial charge in [0.25, 0.3) is 0 Å². The van der Waals surface area contributed by atoms with Crippen molar-refractivity contribution in [2.45, 2.75) is 26.9 Å². The van der Waals surface area contributed by atoms with E-state index in [0.29, 0.717) is 13.1 Å². The Kier molecular flexibility index (Phi) is 4.02. The Hall–Kier alpha value is -1.78. The molecule has 0 aliphatic heterocycles. The summed E-state index contributed by atoms with van der Waals surface area (Å²) in [6.07, 6.45) is 3.63. The molecule has 0 aliphatic carbocycles. The first-order valence-electron chi connectivity index (χ1n) is 5.96.